The minimum absolute atomic E-state index is 0.191. The molecule has 1 amide bonds. The zero-order valence-corrected chi connectivity index (χ0v) is 11.7. The number of benzene rings is 1. The fourth-order valence-electron chi connectivity index (χ4n) is 2.27. The first kappa shape index (κ1) is 12.6. The Morgan fingerprint density at radius 2 is 2.00 bits per heavy atom. The van der Waals surface area contributed by atoms with Crippen molar-refractivity contribution in [2.45, 2.75) is 19.8 Å². The van der Waals surface area contributed by atoms with E-state index >= 15 is 0 Å². The lowest BCUT2D eigenvalue weighted by atomic mass is 9.98. The van der Waals surface area contributed by atoms with E-state index < -0.39 is 0 Å². The Kier molecular flexibility index (Phi) is 4.21. The van der Waals surface area contributed by atoms with Gasteiger partial charge in [-0.1, -0.05) is 34.1 Å². The summed E-state index contributed by atoms with van der Waals surface area (Å²) in [6.07, 6.45) is 2.23. The molecule has 1 aromatic rings. The van der Waals surface area contributed by atoms with Gasteiger partial charge in [0.1, 0.15) is 0 Å². The lowest BCUT2D eigenvalue weighted by Gasteiger charge is -2.31. The van der Waals surface area contributed by atoms with Crippen LogP contribution in [0.4, 0.5) is 0 Å². The molecular weight excluding hydrogens is 278 g/mol. The van der Waals surface area contributed by atoms with E-state index in [1.807, 2.05) is 36.1 Å². The molecule has 1 aliphatic heterocycles. The summed E-state index contributed by atoms with van der Waals surface area (Å²) in [6.45, 7) is 3.78. The Morgan fingerprint density at radius 3 is 2.59 bits per heavy atom. The fourth-order valence-corrected chi connectivity index (χ4v) is 2.92. The van der Waals surface area contributed by atoms with Gasteiger partial charge < -0.3 is 4.90 Å². The SMILES string of the molecule is Cc1ccccc1C(=O)N1CCC(CBr)CC1. The molecule has 0 radical (unpaired) electrons. The highest BCUT2D eigenvalue weighted by Crippen LogP contribution is 2.21. The molecule has 0 N–H and O–H groups in total. The van der Waals surface area contributed by atoms with Crippen molar-refractivity contribution in [3.05, 3.63) is 35.4 Å². The van der Waals surface area contributed by atoms with Crippen LogP contribution in [-0.4, -0.2) is 29.2 Å². The second-order valence-corrected chi connectivity index (χ2v) is 5.35. The van der Waals surface area contributed by atoms with E-state index in [2.05, 4.69) is 15.9 Å². The van der Waals surface area contributed by atoms with Crippen LogP contribution in [0.15, 0.2) is 24.3 Å². The molecule has 2 rings (SSSR count). The predicted molar refractivity (Wildman–Crippen MR) is 73.6 cm³/mol. The van der Waals surface area contributed by atoms with E-state index in [1.165, 1.54) is 0 Å². The topological polar surface area (TPSA) is 20.3 Å². The maximum Gasteiger partial charge on any atom is 0.254 e. The van der Waals surface area contributed by atoms with E-state index in [-0.39, 0.29) is 5.91 Å². The number of halogens is 1. The highest BCUT2D eigenvalue weighted by molar-refractivity contribution is 9.09. The van der Waals surface area contributed by atoms with Crippen LogP contribution in [0.2, 0.25) is 0 Å². The number of piperidine rings is 1. The largest absolute Gasteiger partial charge is 0.339 e. The maximum absolute atomic E-state index is 12.3. The van der Waals surface area contributed by atoms with E-state index in [4.69, 9.17) is 0 Å². The second kappa shape index (κ2) is 5.67. The molecule has 0 unspecified atom stereocenters. The molecular formula is C14H18BrNO. The molecule has 0 spiro atoms. The Morgan fingerprint density at radius 1 is 1.35 bits per heavy atom. The molecule has 0 aromatic heterocycles. The third-order valence-electron chi connectivity index (χ3n) is 3.50. The van der Waals surface area contributed by atoms with E-state index in [0.29, 0.717) is 0 Å². The first-order valence-corrected chi connectivity index (χ1v) is 7.25. The van der Waals surface area contributed by atoms with Gasteiger partial charge in [-0.25, -0.2) is 0 Å². The number of alkyl halides is 1. The van der Waals surface area contributed by atoms with Crippen molar-refractivity contribution in [1.29, 1.82) is 0 Å². The van der Waals surface area contributed by atoms with Gasteiger partial charge in [0.15, 0.2) is 0 Å². The van der Waals surface area contributed by atoms with Gasteiger partial charge in [-0.2, -0.15) is 0 Å². The quantitative estimate of drug-likeness (QED) is 0.767. The van der Waals surface area contributed by atoms with Crippen molar-refractivity contribution in [2.75, 3.05) is 18.4 Å². The van der Waals surface area contributed by atoms with E-state index in [0.717, 1.165) is 48.3 Å². The Hall–Kier alpha value is -0.830. The molecule has 1 aliphatic rings. The van der Waals surface area contributed by atoms with Gasteiger partial charge in [-0.15, -0.1) is 0 Å². The van der Waals surface area contributed by atoms with Crippen LogP contribution < -0.4 is 0 Å². The molecule has 0 atom stereocenters. The summed E-state index contributed by atoms with van der Waals surface area (Å²) < 4.78 is 0. The first-order chi connectivity index (χ1) is 8.22. The molecule has 1 fully saturated rings. The number of rotatable bonds is 2. The molecule has 0 aliphatic carbocycles. The molecule has 2 nitrogen and oxygen atoms in total. The summed E-state index contributed by atoms with van der Waals surface area (Å²) in [7, 11) is 0. The second-order valence-electron chi connectivity index (χ2n) is 4.70. The van der Waals surface area contributed by atoms with Crippen molar-refractivity contribution in [2.24, 2.45) is 5.92 Å². The highest BCUT2D eigenvalue weighted by Gasteiger charge is 2.23. The number of hydrogen-bond donors (Lipinski definition) is 0. The number of amides is 1. The predicted octanol–water partition coefficient (Wildman–Crippen LogP) is 3.24. The van der Waals surface area contributed by atoms with Crippen LogP contribution in [0.1, 0.15) is 28.8 Å². The summed E-state index contributed by atoms with van der Waals surface area (Å²) in [5.41, 5.74) is 1.92. The minimum atomic E-state index is 0.191. The number of aryl methyl sites for hydroxylation is 1. The number of nitrogens with zero attached hydrogens (tertiary/aromatic N) is 1. The molecule has 1 heterocycles. The van der Waals surface area contributed by atoms with Crippen molar-refractivity contribution in [3.8, 4) is 0 Å². The van der Waals surface area contributed by atoms with Gasteiger partial charge >= 0.3 is 0 Å². The average Bonchev–Trinajstić information content (AvgIpc) is 2.39. The molecule has 0 bridgehead atoms. The Balaban J connectivity index is 2.04. The van der Waals surface area contributed by atoms with Crippen LogP contribution in [0.5, 0.6) is 0 Å². The molecule has 0 saturated carbocycles. The molecule has 1 aromatic carbocycles. The van der Waals surface area contributed by atoms with Crippen LogP contribution >= 0.6 is 15.9 Å². The van der Waals surface area contributed by atoms with E-state index in [9.17, 15) is 4.79 Å². The molecule has 1 saturated heterocycles. The monoisotopic (exact) mass is 295 g/mol. The van der Waals surface area contributed by atoms with Crippen LogP contribution in [0, 0.1) is 12.8 Å². The van der Waals surface area contributed by atoms with Gasteiger partial charge in [0.25, 0.3) is 5.91 Å². The summed E-state index contributed by atoms with van der Waals surface area (Å²) in [5, 5.41) is 1.05. The third-order valence-corrected chi connectivity index (χ3v) is 4.41. The Bertz CT molecular complexity index is 397. The molecule has 17 heavy (non-hydrogen) atoms. The lowest BCUT2D eigenvalue weighted by Crippen LogP contribution is -2.39. The standard InChI is InChI=1S/C14H18BrNO/c1-11-4-2-3-5-13(11)14(17)16-8-6-12(10-15)7-9-16/h2-5,12H,6-10H2,1H3. The third kappa shape index (κ3) is 2.89. The summed E-state index contributed by atoms with van der Waals surface area (Å²) in [6, 6.07) is 7.83. The zero-order chi connectivity index (χ0) is 12.3. The maximum atomic E-state index is 12.3. The normalized spacial score (nSPS) is 17.2. The number of hydrogen-bond acceptors (Lipinski definition) is 1. The van der Waals surface area contributed by atoms with Crippen molar-refractivity contribution in [3.63, 3.8) is 0 Å². The van der Waals surface area contributed by atoms with Crippen LogP contribution in [0.3, 0.4) is 0 Å². The van der Waals surface area contributed by atoms with Crippen LogP contribution in [-0.2, 0) is 0 Å². The summed E-state index contributed by atoms with van der Waals surface area (Å²) >= 11 is 3.52. The number of likely N-dealkylation sites (tertiary alicyclic amines) is 1. The van der Waals surface area contributed by atoms with Crippen molar-refractivity contribution < 1.29 is 4.79 Å². The fraction of sp³-hybridized carbons (Fsp3) is 0.500. The first-order valence-electron chi connectivity index (χ1n) is 6.13. The van der Waals surface area contributed by atoms with Gasteiger partial charge in [0.2, 0.25) is 0 Å². The zero-order valence-electron chi connectivity index (χ0n) is 10.2. The minimum Gasteiger partial charge on any atom is -0.339 e. The van der Waals surface area contributed by atoms with Gasteiger partial charge in [-0.05, 0) is 37.3 Å². The molecule has 92 valence electrons. The van der Waals surface area contributed by atoms with Gasteiger partial charge in [-0.3, -0.25) is 4.79 Å². The van der Waals surface area contributed by atoms with Gasteiger partial charge in [0.05, 0.1) is 0 Å². The number of carbonyl (C=O) groups excluding carboxylic acids is 1. The van der Waals surface area contributed by atoms with Gasteiger partial charge in [0, 0.05) is 24.0 Å². The smallest absolute Gasteiger partial charge is 0.254 e. The molecule has 3 heteroatoms. The number of carbonyl (C=O) groups is 1. The summed E-state index contributed by atoms with van der Waals surface area (Å²) in [4.78, 5) is 14.3. The lowest BCUT2D eigenvalue weighted by molar-refractivity contribution is 0.0698. The van der Waals surface area contributed by atoms with Crippen molar-refractivity contribution >= 4 is 21.8 Å². The highest BCUT2D eigenvalue weighted by atomic mass is 79.9. The Labute approximate surface area is 111 Å². The summed E-state index contributed by atoms with van der Waals surface area (Å²) in [5.74, 6) is 0.923. The van der Waals surface area contributed by atoms with Crippen molar-refractivity contribution in [1.82, 2.24) is 4.90 Å². The average molecular weight is 296 g/mol. The van der Waals surface area contributed by atoms with E-state index in [1.54, 1.807) is 0 Å². The van der Waals surface area contributed by atoms with Crippen LogP contribution in [0.25, 0.3) is 0 Å².